The van der Waals surface area contributed by atoms with E-state index < -0.39 is 0 Å². The maximum atomic E-state index is 11.9. The molecule has 0 saturated heterocycles. The number of hydrogen-bond acceptors (Lipinski definition) is 2. The van der Waals surface area contributed by atoms with E-state index in [4.69, 9.17) is 0 Å². The summed E-state index contributed by atoms with van der Waals surface area (Å²) < 4.78 is 0. The normalized spacial score (nSPS) is 20.4. The van der Waals surface area contributed by atoms with Crippen LogP contribution in [0, 0.1) is 11.8 Å². The fraction of sp³-hybridized carbons (Fsp3) is 0.538. The Labute approximate surface area is 95.6 Å². The Hall–Kier alpha value is -1.38. The zero-order valence-electron chi connectivity index (χ0n) is 10.2. The molecule has 0 saturated carbocycles. The van der Waals surface area contributed by atoms with Gasteiger partial charge in [-0.2, -0.15) is 0 Å². The van der Waals surface area contributed by atoms with Gasteiger partial charge >= 0.3 is 0 Å². The Morgan fingerprint density at radius 1 is 1.00 bits per heavy atom. The first-order valence-electron chi connectivity index (χ1n) is 5.75. The highest BCUT2D eigenvalue weighted by atomic mass is 16.2. The van der Waals surface area contributed by atoms with Gasteiger partial charge in [0.15, 0.2) is 5.78 Å². The van der Waals surface area contributed by atoms with Crippen LogP contribution in [0.25, 0.3) is 0 Å². The van der Waals surface area contributed by atoms with Crippen LogP contribution in [-0.4, -0.2) is 11.7 Å². The zero-order valence-corrected chi connectivity index (χ0v) is 10.2. The van der Waals surface area contributed by atoms with E-state index in [1.165, 1.54) is 0 Å². The van der Waals surface area contributed by atoms with E-state index >= 15 is 0 Å². The molecule has 0 unspecified atom stereocenters. The minimum atomic E-state index is -0.0896. The monoisotopic (exact) mass is 219 g/mol. The van der Waals surface area contributed by atoms with E-state index in [0.29, 0.717) is 17.6 Å². The highest BCUT2D eigenvalue weighted by molar-refractivity contribution is 6.20. The Bertz CT molecular complexity index is 397. The first-order chi connectivity index (χ1) is 7.43. The number of allylic oxidation sites excluding steroid dienone is 2. The fourth-order valence-corrected chi connectivity index (χ4v) is 2.37. The number of carbonyl (C=O) groups is 2. The van der Waals surface area contributed by atoms with Crippen LogP contribution < -0.4 is 5.32 Å². The summed E-state index contributed by atoms with van der Waals surface area (Å²) in [5.74, 6) is 0.453. The smallest absolute Gasteiger partial charge is 0.256 e. The molecule has 16 heavy (non-hydrogen) atoms. The van der Waals surface area contributed by atoms with Crippen molar-refractivity contribution in [3.8, 4) is 0 Å². The summed E-state index contributed by atoms with van der Waals surface area (Å²) in [7, 11) is 0. The average molecular weight is 219 g/mol. The van der Waals surface area contributed by atoms with E-state index in [-0.39, 0.29) is 23.5 Å². The summed E-state index contributed by atoms with van der Waals surface area (Å²) >= 11 is 0. The summed E-state index contributed by atoms with van der Waals surface area (Å²) in [5, 5.41) is 2.83. The van der Waals surface area contributed by atoms with Crippen LogP contribution in [0.4, 0.5) is 0 Å². The second-order valence-electron chi connectivity index (χ2n) is 5.05. The lowest BCUT2D eigenvalue weighted by Crippen LogP contribution is -2.20. The molecule has 0 aromatic carbocycles. The molecule has 1 N–H and O–H groups in total. The van der Waals surface area contributed by atoms with Crippen molar-refractivity contribution < 1.29 is 9.59 Å². The number of hydrogen-bond donors (Lipinski definition) is 1. The molecule has 2 rings (SSSR count). The third-order valence-electron chi connectivity index (χ3n) is 3.22. The Morgan fingerprint density at radius 3 is 2.12 bits per heavy atom. The van der Waals surface area contributed by atoms with Gasteiger partial charge in [0, 0.05) is 12.1 Å². The molecule has 1 aliphatic carbocycles. The highest BCUT2D eigenvalue weighted by Crippen LogP contribution is 2.39. The summed E-state index contributed by atoms with van der Waals surface area (Å²) in [6, 6.07) is 0. The van der Waals surface area contributed by atoms with Crippen molar-refractivity contribution >= 4 is 11.7 Å². The summed E-state index contributed by atoms with van der Waals surface area (Å²) in [6.07, 6.45) is 0.423. The van der Waals surface area contributed by atoms with Crippen molar-refractivity contribution in [2.75, 3.05) is 0 Å². The van der Waals surface area contributed by atoms with Crippen molar-refractivity contribution in [1.29, 1.82) is 0 Å². The van der Waals surface area contributed by atoms with Gasteiger partial charge < -0.3 is 5.32 Å². The van der Waals surface area contributed by atoms with Crippen LogP contribution in [0.2, 0.25) is 0 Å². The van der Waals surface area contributed by atoms with Gasteiger partial charge in [0.1, 0.15) is 0 Å². The summed E-state index contributed by atoms with van der Waals surface area (Å²) in [4.78, 5) is 23.8. The lowest BCUT2D eigenvalue weighted by Gasteiger charge is -2.08. The predicted molar refractivity (Wildman–Crippen MR) is 61.5 cm³/mol. The second kappa shape index (κ2) is 3.58. The van der Waals surface area contributed by atoms with Crippen LogP contribution in [0.15, 0.2) is 22.4 Å². The van der Waals surface area contributed by atoms with Gasteiger partial charge in [0.2, 0.25) is 0 Å². The average Bonchev–Trinajstić information content (AvgIpc) is 2.67. The van der Waals surface area contributed by atoms with Gasteiger partial charge in [-0.25, -0.2) is 0 Å². The Balaban J connectivity index is 2.59. The number of fused-ring (bicyclic) bond motifs is 1. The lowest BCUT2D eigenvalue weighted by atomic mass is 9.98. The molecule has 1 aliphatic heterocycles. The van der Waals surface area contributed by atoms with Gasteiger partial charge in [-0.3, -0.25) is 9.59 Å². The number of carbonyl (C=O) groups excluding carboxylic acids is 2. The summed E-state index contributed by atoms with van der Waals surface area (Å²) in [5.41, 5.74) is 3.11. The highest BCUT2D eigenvalue weighted by Gasteiger charge is 2.40. The van der Waals surface area contributed by atoms with Gasteiger partial charge in [-0.1, -0.05) is 27.7 Å². The second-order valence-corrected chi connectivity index (χ2v) is 5.05. The van der Waals surface area contributed by atoms with Crippen molar-refractivity contribution in [2.24, 2.45) is 11.8 Å². The molecule has 0 aromatic heterocycles. The molecule has 86 valence electrons. The number of nitrogens with one attached hydrogen (secondary N) is 1. The van der Waals surface area contributed by atoms with E-state index in [0.717, 1.165) is 11.3 Å². The first kappa shape index (κ1) is 11.1. The van der Waals surface area contributed by atoms with Crippen LogP contribution in [0.5, 0.6) is 0 Å². The lowest BCUT2D eigenvalue weighted by molar-refractivity contribution is -0.117. The molecule has 2 aliphatic rings. The summed E-state index contributed by atoms with van der Waals surface area (Å²) in [6.45, 7) is 8.04. The van der Waals surface area contributed by atoms with E-state index in [2.05, 4.69) is 5.32 Å². The van der Waals surface area contributed by atoms with Gasteiger partial charge in [0.25, 0.3) is 5.91 Å². The number of Topliss-reactive ketones (excluding diaryl/α,β-unsaturated/α-hetero) is 1. The molecule has 3 heteroatoms. The SMILES string of the molecule is CC(C)C1=C2C(=O)NC(C(C)C)=C2C(=O)C1. The molecule has 0 spiro atoms. The van der Waals surface area contributed by atoms with Crippen LogP contribution in [-0.2, 0) is 9.59 Å². The molecule has 1 amide bonds. The quantitative estimate of drug-likeness (QED) is 0.771. The third-order valence-corrected chi connectivity index (χ3v) is 3.22. The van der Waals surface area contributed by atoms with Crippen LogP contribution in [0.1, 0.15) is 34.1 Å². The number of ketones is 1. The molecule has 0 radical (unpaired) electrons. The van der Waals surface area contributed by atoms with Crippen molar-refractivity contribution in [3.05, 3.63) is 22.4 Å². The van der Waals surface area contributed by atoms with Gasteiger partial charge in [-0.15, -0.1) is 0 Å². The van der Waals surface area contributed by atoms with E-state index in [9.17, 15) is 9.59 Å². The minimum Gasteiger partial charge on any atom is -0.325 e. The molecular weight excluding hydrogens is 202 g/mol. The maximum absolute atomic E-state index is 11.9. The standard InChI is InChI=1S/C13H17NO2/c1-6(2)8-5-9(15)11-10(8)13(16)14-12(11)7(3)4/h6-7H,5H2,1-4H3,(H,14,16). The molecule has 0 bridgehead atoms. The first-order valence-corrected chi connectivity index (χ1v) is 5.75. The third kappa shape index (κ3) is 1.42. The molecule has 3 nitrogen and oxygen atoms in total. The molecule has 1 heterocycles. The maximum Gasteiger partial charge on any atom is 0.256 e. The predicted octanol–water partition coefficient (Wildman–Crippen LogP) is 1.95. The van der Waals surface area contributed by atoms with E-state index in [1.807, 2.05) is 27.7 Å². The van der Waals surface area contributed by atoms with Gasteiger partial charge in [-0.05, 0) is 17.4 Å². The van der Waals surface area contributed by atoms with E-state index in [1.54, 1.807) is 0 Å². The molecule has 0 aromatic rings. The zero-order chi connectivity index (χ0) is 12.0. The number of rotatable bonds is 2. The van der Waals surface area contributed by atoms with Crippen LogP contribution >= 0.6 is 0 Å². The number of amides is 1. The van der Waals surface area contributed by atoms with Crippen molar-refractivity contribution in [3.63, 3.8) is 0 Å². The van der Waals surface area contributed by atoms with Gasteiger partial charge in [0.05, 0.1) is 11.1 Å². The Morgan fingerprint density at radius 2 is 1.62 bits per heavy atom. The Kier molecular flexibility index (Phi) is 2.49. The van der Waals surface area contributed by atoms with Crippen molar-refractivity contribution in [2.45, 2.75) is 34.1 Å². The molecule has 0 atom stereocenters. The largest absolute Gasteiger partial charge is 0.325 e. The topological polar surface area (TPSA) is 46.2 Å². The fourth-order valence-electron chi connectivity index (χ4n) is 2.37. The van der Waals surface area contributed by atoms with Crippen LogP contribution in [0.3, 0.4) is 0 Å². The molecule has 0 fully saturated rings. The minimum absolute atomic E-state index is 0.0896. The van der Waals surface area contributed by atoms with Crippen molar-refractivity contribution in [1.82, 2.24) is 5.32 Å². The molecular formula is C13H17NO2.